The molecule has 3 rings (SSSR count). The van der Waals surface area contributed by atoms with Crippen LogP contribution in [-0.4, -0.2) is 54.2 Å². The number of piperidine rings is 2. The van der Waals surface area contributed by atoms with Crippen LogP contribution in [0.2, 0.25) is 0 Å². The first-order valence-corrected chi connectivity index (χ1v) is 7.99. The summed E-state index contributed by atoms with van der Waals surface area (Å²) in [6, 6.07) is 1.44. The number of nitrogens with one attached hydrogen (secondary N) is 1. The number of pyridine rings is 1. The van der Waals surface area contributed by atoms with Crippen molar-refractivity contribution in [3.8, 4) is 0 Å². The smallest absolute Gasteiger partial charge is 0.256 e. The Morgan fingerprint density at radius 1 is 1.23 bits per heavy atom. The van der Waals surface area contributed by atoms with E-state index in [1.807, 2.05) is 0 Å². The number of aromatic nitrogens is 1. The first-order chi connectivity index (χ1) is 10.7. The Morgan fingerprint density at radius 3 is 2.59 bits per heavy atom. The van der Waals surface area contributed by atoms with Crippen LogP contribution in [0.1, 0.15) is 36.0 Å². The maximum Gasteiger partial charge on any atom is 0.256 e. The molecule has 2 aliphatic heterocycles. The molecule has 0 radical (unpaired) electrons. The van der Waals surface area contributed by atoms with Gasteiger partial charge in [0.15, 0.2) is 5.82 Å². The average Bonchev–Trinajstić information content (AvgIpc) is 2.56. The number of hydrogen-bond donors (Lipinski definition) is 1. The van der Waals surface area contributed by atoms with Crippen molar-refractivity contribution in [1.82, 2.24) is 15.2 Å². The predicted octanol–water partition coefficient (Wildman–Crippen LogP) is 1.59. The van der Waals surface area contributed by atoms with E-state index in [1.54, 1.807) is 4.90 Å². The van der Waals surface area contributed by atoms with Gasteiger partial charge in [0, 0.05) is 19.3 Å². The molecule has 2 saturated heterocycles. The number of likely N-dealkylation sites (tertiary alicyclic amines) is 1. The van der Waals surface area contributed by atoms with Gasteiger partial charge in [0.2, 0.25) is 0 Å². The van der Waals surface area contributed by atoms with E-state index in [0.717, 1.165) is 45.0 Å². The number of amides is 1. The molecule has 2 aliphatic rings. The highest BCUT2D eigenvalue weighted by Crippen LogP contribution is 2.20. The molecule has 2 fully saturated rings. The van der Waals surface area contributed by atoms with Gasteiger partial charge in [-0.1, -0.05) is 0 Å². The molecule has 0 saturated carbocycles. The Hall–Kier alpha value is -1.53. The van der Waals surface area contributed by atoms with E-state index in [9.17, 15) is 9.18 Å². The van der Waals surface area contributed by atoms with Gasteiger partial charge in [-0.3, -0.25) is 9.78 Å². The van der Waals surface area contributed by atoms with Crippen molar-refractivity contribution >= 4 is 5.91 Å². The normalized spacial score (nSPS) is 21.0. The number of hydrogen-bond acceptors (Lipinski definition) is 4. The van der Waals surface area contributed by atoms with Crippen molar-refractivity contribution in [2.24, 2.45) is 0 Å². The standard InChI is InChI=1S/C16H22FN3O2/c17-15-11-19-8-3-14(15)16(21)20-9-4-13(5-10-20)22-12-1-6-18-7-2-12/h3,8,11-13,18H,1-2,4-7,9-10H2. The van der Waals surface area contributed by atoms with E-state index in [1.165, 1.54) is 12.3 Å². The van der Waals surface area contributed by atoms with E-state index in [4.69, 9.17) is 4.74 Å². The number of carbonyl (C=O) groups excluding carboxylic acids is 1. The molecule has 1 aromatic heterocycles. The Kier molecular flexibility index (Phi) is 5.00. The molecule has 1 N–H and O–H groups in total. The lowest BCUT2D eigenvalue weighted by Crippen LogP contribution is -2.43. The minimum absolute atomic E-state index is 0.104. The van der Waals surface area contributed by atoms with Crippen LogP contribution < -0.4 is 5.32 Å². The van der Waals surface area contributed by atoms with E-state index in [2.05, 4.69) is 10.3 Å². The van der Waals surface area contributed by atoms with Gasteiger partial charge in [0.25, 0.3) is 5.91 Å². The molecule has 0 unspecified atom stereocenters. The van der Waals surface area contributed by atoms with E-state index < -0.39 is 5.82 Å². The molecule has 0 aromatic carbocycles. The lowest BCUT2D eigenvalue weighted by atomic mass is 10.0. The SMILES string of the molecule is O=C(c1ccncc1F)N1CCC(OC2CCNCC2)CC1. The van der Waals surface area contributed by atoms with Gasteiger partial charge < -0.3 is 15.0 Å². The third kappa shape index (κ3) is 3.62. The number of rotatable bonds is 3. The minimum atomic E-state index is -0.555. The second kappa shape index (κ2) is 7.15. The fraction of sp³-hybridized carbons (Fsp3) is 0.625. The minimum Gasteiger partial charge on any atom is -0.375 e. The number of ether oxygens (including phenoxy) is 1. The second-order valence-electron chi connectivity index (χ2n) is 5.93. The molecule has 120 valence electrons. The van der Waals surface area contributed by atoms with Crippen molar-refractivity contribution in [2.75, 3.05) is 26.2 Å². The van der Waals surface area contributed by atoms with Gasteiger partial charge in [-0.05, 0) is 44.8 Å². The molecule has 1 aromatic rings. The zero-order chi connectivity index (χ0) is 15.4. The molecular formula is C16H22FN3O2. The van der Waals surface area contributed by atoms with Gasteiger partial charge in [-0.2, -0.15) is 0 Å². The van der Waals surface area contributed by atoms with Crippen LogP contribution in [0.5, 0.6) is 0 Å². The summed E-state index contributed by atoms with van der Waals surface area (Å²) in [6.45, 7) is 3.28. The maximum atomic E-state index is 13.6. The fourth-order valence-corrected chi connectivity index (χ4v) is 3.12. The average molecular weight is 307 g/mol. The van der Waals surface area contributed by atoms with Crippen LogP contribution in [-0.2, 0) is 4.74 Å². The van der Waals surface area contributed by atoms with Crippen molar-refractivity contribution in [2.45, 2.75) is 37.9 Å². The summed E-state index contributed by atoms with van der Waals surface area (Å²) in [7, 11) is 0. The van der Waals surface area contributed by atoms with Gasteiger partial charge in [0.1, 0.15) is 0 Å². The van der Waals surface area contributed by atoms with Gasteiger partial charge in [-0.25, -0.2) is 4.39 Å². The molecule has 22 heavy (non-hydrogen) atoms. The molecule has 0 spiro atoms. The van der Waals surface area contributed by atoms with Gasteiger partial charge in [0.05, 0.1) is 24.0 Å². The number of carbonyl (C=O) groups is 1. The fourth-order valence-electron chi connectivity index (χ4n) is 3.12. The van der Waals surface area contributed by atoms with Crippen LogP contribution in [0.4, 0.5) is 4.39 Å². The lowest BCUT2D eigenvalue weighted by Gasteiger charge is -2.35. The highest BCUT2D eigenvalue weighted by molar-refractivity contribution is 5.94. The molecule has 1 amide bonds. The number of halogens is 1. The summed E-state index contributed by atoms with van der Waals surface area (Å²) >= 11 is 0. The lowest BCUT2D eigenvalue weighted by molar-refractivity contribution is -0.0500. The summed E-state index contributed by atoms with van der Waals surface area (Å²) in [5.41, 5.74) is 0.104. The van der Waals surface area contributed by atoms with Crippen molar-refractivity contribution in [3.05, 3.63) is 29.8 Å². The second-order valence-corrected chi connectivity index (χ2v) is 5.93. The quantitative estimate of drug-likeness (QED) is 0.921. The molecular weight excluding hydrogens is 285 g/mol. The largest absolute Gasteiger partial charge is 0.375 e. The van der Waals surface area contributed by atoms with Crippen LogP contribution >= 0.6 is 0 Å². The summed E-state index contributed by atoms with van der Waals surface area (Å²) in [6.07, 6.45) is 6.84. The van der Waals surface area contributed by atoms with E-state index >= 15 is 0 Å². The third-order valence-corrected chi connectivity index (χ3v) is 4.40. The van der Waals surface area contributed by atoms with Crippen LogP contribution in [0.3, 0.4) is 0 Å². The van der Waals surface area contributed by atoms with Gasteiger partial charge in [-0.15, -0.1) is 0 Å². The maximum absolute atomic E-state index is 13.6. The third-order valence-electron chi connectivity index (χ3n) is 4.40. The molecule has 5 nitrogen and oxygen atoms in total. The van der Waals surface area contributed by atoms with Crippen molar-refractivity contribution in [3.63, 3.8) is 0 Å². The summed E-state index contributed by atoms with van der Waals surface area (Å²) in [5.74, 6) is -0.805. The Balaban J connectivity index is 1.51. The zero-order valence-electron chi connectivity index (χ0n) is 12.6. The zero-order valence-corrected chi connectivity index (χ0v) is 12.6. The van der Waals surface area contributed by atoms with Crippen molar-refractivity contribution in [1.29, 1.82) is 0 Å². The van der Waals surface area contributed by atoms with Crippen LogP contribution in [0.25, 0.3) is 0 Å². The molecule has 3 heterocycles. The first-order valence-electron chi connectivity index (χ1n) is 7.99. The predicted molar refractivity (Wildman–Crippen MR) is 80.1 cm³/mol. The molecule has 0 aliphatic carbocycles. The summed E-state index contributed by atoms with van der Waals surface area (Å²) in [4.78, 5) is 17.7. The molecule has 0 atom stereocenters. The van der Waals surface area contributed by atoms with E-state index in [0.29, 0.717) is 19.2 Å². The van der Waals surface area contributed by atoms with Crippen molar-refractivity contribution < 1.29 is 13.9 Å². The molecule has 6 heteroatoms. The Labute approximate surface area is 129 Å². The van der Waals surface area contributed by atoms with Crippen LogP contribution in [0, 0.1) is 5.82 Å². The summed E-state index contributed by atoms with van der Waals surface area (Å²) < 4.78 is 19.8. The van der Waals surface area contributed by atoms with Crippen LogP contribution in [0.15, 0.2) is 18.5 Å². The van der Waals surface area contributed by atoms with E-state index in [-0.39, 0.29) is 17.6 Å². The molecule has 0 bridgehead atoms. The summed E-state index contributed by atoms with van der Waals surface area (Å²) in [5, 5.41) is 3.32. The Bertz CT molecular complexity index is 512. The van der Waals surface area contributed by atoms with Gasteiger partial charge >= 0.3 is 0 Å². The number of nitrogens with zero attached hydrogens (tertiary/aromatic N) is 2. The topological polar surface area (TPSA) is 54.5 Å². The Morgan fingerprint density at radius 2 is 1.91 bits per heavy atom. The highest BCUT2D eigenvalue weighted by Gasteiger charge is 2.27. The highest BCUT2D eigenvalue weighted by atomic mass is 19.1. The first kappa shape index (κ1) is 15.4. The monoisotopic (exact) mass is 307 g/mol.